The van der Waals surface area contributed by atoms with Crippen LogP contribution in [-0.4, -0.2) is 26.4 Å². The highest BCUT2D eigenvalue weighted by molar-refractivity contribution is 7.99. The van der Waals surface area contributed by atoms with E-state index in [0.717, 1.165) is 23.1 Å². The summed E-state index contributed by atoms with van der Waals surface area (Å²) in [5, 5.41) is 11.8. The molecule has 2 rings (SSSR count). The Morgan fingerprint density at radius 1 is 1.33 bits per heavy atom. The number of benzene rings is 1. The van der Waals surface area contributed by atoms with E-state index < -0.39 is 0 Å². The molecule has 1 aromatic carbocycles. The fourth-order valence-corrected chi connectivity index (χ4v) is 3.06. The Hall–Kier alpha value is -2.08. The number of anilines is 1. The maximum absolute atomic E-state index is 12.1. The molecule has 1 N–H and O–H groups in total. The van der Waals surface area contributed by atoms with Crippen LogP contribution in [0.15, 0.2) is 42.1 Å². The molecule has 5 nitrogen and oxygen atoms in total. The van der Waals surface area contributed by atoms with Crippen molar-refractivity contribution < 1.29 is 4.79 Å². The van der Waals surface area contributed by atoms with Crippen LogP contribution in [0.2, 0.25) is 0 Å². The number of hydrogen-bond acceptors (Lipinski definition) is 4. The summed E-state index contributed by atoms with van der Waals surface area (Å²) in [5.74, 6) is 1.07. The molecule has 1 heterocycles. The van der Waals surface area contributed by atoms with Crippen molar-refractivity contribution in [3.63, 3.8) is 0 Å². The average molecular weight is 344 g/mol. The zero-order valence-corrected chi connectivity index (χ0v) is 15.1. The lowest BCUT2D eigenvalue weighted by molar-refractivity contribution is -0.113. The first kappa shape index (κ1) is 18.3. The maximum atomic E-state index is 12.1. The molecule has 1 amide bonds. The van der Waals surface area contributed by atoms with Crippen LogP contribution in [0.5, 0.6) is 0 Å². The second-order valence-corrected chi connectivity index (χ2v) is 6.51. The van der Waals surface area contributed by atoms with E-state index >= 15 is 0 Å². The third-order valence-electron chi connectivity index (χ3n) is 3.60. The van der Waals surface area contributed by atoms with Gasteiger partial charge in [0.15, 0.2) is 5.16 Å². The Morgan fingerprint density at radius 2 is 2.08 bits per heavy atom. The average Bonchev–Trinajstić information content (AvgIpc) is 2.93. The highest BCUT2D eigenvalue weighted by atomic mass is 32.2. The standard InChI is InChI=1S/C18H24N4OS/c1-4-6-7-15-8-10-16(11-9-15)19-17(23)13-24-18-21-20-14(3)22(18)12-5-2/h5,8-11H,2,4,6-7,12-13H2,1,3H3,(H,19,23). The van der Waals surface area contributed by atoms with Crippen LogP contribution in [-0.2, 0) is 17.8 Å². The van der Waals surface area contributed by atoms with E-state index in [1.165, 1.54) is 30.2 Å². The zero-order chi connectivity index (χ0) is 17.4. The normalized spacial score (nSPS) is 10.6. The molecular weight excluding hydrogens is 320 g/mol. The highest BCUT2D eigenvalue weighted by Gasteiger charge is 2.11. The molecule has 0 aliphatic heterocycles. The van der Waals surface area contributed by atoms with Crippen molar-refractivity contribution in [2.75, 3.05) is 11.1 Å². The van der Waals surface area contributed by atoms with Crippen LogP contribution in [0.1, 0.15) is 31.2 Å². The number of aryl methyl sites for hydroxylation is 2. The highest BCUT2D eigenvalue weighted by Crippen LogP contribution is 2.18. The quantitative estimate of drug-likeness (QED) is 0.554. The molecule has 0 bridgehead atoms. The summed E-state index contributed by atoms with van der Waals surface area (Å²) in [6.07, 6.45) is 5.25. The smallest absolute Gasteiger partial charge is 0.234 e. The fourth-order valence-electron chi connectivity index (χ4n) is 2.27. The van der Waals surface area contributed by atoms with Crippen molar-refractivity contribution >= 4 is 23.4 Å². The molecule has 128 valence electrons. The van der Waals surface area contributed by atoms with Gasteiger partial charge in [-0.2, -0.15) is 0 Å². The Labute approximate surface area is 147 Å². The molecule has 0 radical (unpaired) electrons. The van der Waals surface area contributed by atoms with E-state index in [9.17, 15) is 4.79 Å². The number of nitrogens with zero attached hydrogens (tertiary/aromatic N) is 3. The van der Waals surface area contributed by atoms with E-state index in [4.69, 9.17) is 0 Å². The van der Waals surface area contributed by atoms with Crippen molar-refractivity contribution in [3.05, 3.63) is 48.3 Å². The van der Waals surface area contributed by atoms with Gasteiger partial charge in [-0.15, -0.1) is 16.8 Å². The number of aromatic nitrogens is 3. The van der Waals surface area contributed by atoms with Crippen molar-refractivity contribution in [2.45, 2.75) is 44.8 Å². The minimum atomic E-state index is -0.0490. The van der Waals surface area contributed by atoms with Gasteiger partial charge in [0.2, 0.25) is 5.91 Å². The van der Waals surface area contributed by atoms with Crippen LogP contribution in [0.3, 0.4) is 0 Å². The number of carbonyl (C=O) groups excluding carboxylic acids is 1. The third-order valence-corrected chi connectivity index (χ3v) is 4.57. The lowest BCUT2D eigenvalue weighted by Gasteiger charge is -2.07. The molecule has 1 aromatic heterocycles. The van der Waals surface area contributed by atoms with E-state index in [2.05, 4.69) is 41.1 Å². The largest absolute Gasteiger partial charge is 0.325 e. The van der Waals surface area contributed by atoms with Gasteiger partial charge in [0.1, 0.15) is 5.82 Å². The van der Waals surface area contributed by atoms with Crippen LogP contribution >= 0.6 is 11.8 Å². The molecule has 0 aliphatic carbocycles. The Bertz CT molecular complexity index is 679. The van der Waals surface area contributed by atoms with Gasteiger partial charge < -0.3 is 9.88 Å². The van der Waals surface area contributed by atoms with Gasteiger partial charge in [0.05, 0.1) is 5.75 Å². The predicted molar refractivity (Wildman–Crippen MR) is 99.4 cm³/mol. The fraction of sp³-hybridized carbons (Fsp3) is 0.389. The molecule has 0 spiro atoms. The zero-order valence-electron chi connectivity index (χ0n) is 14.3. The summed E-state index contributed by atoms with van der Waals surface area (Å²) >= 11 is 1.38. The third kappa shape index (κ3) is 5.23. The van der Waals surface area contributed by atoms with Gasteiger partial charge >= 0.3 is 0 Å². The summed E-state index contributed by atoms with van der Waals surface area (Å²) in [7, 11) is 0. The van der Waals surface area contributed by atoms with Crippen LogP contribution in [0.25, 0.3) is 0 Å². The van der Waals surface area contributed by atoms with Crippen molar-refractivity contribution in [2.24, 2.45) is 0 Å². The SMILES string of the molecule is C=CCn1c(C)nnc1SCC(=O)Nc1ccc(CCCC)cc1. The molecule has 0 saturated heterocycles. The predicted octanol–water partition coefficient (Wildman–Crippen LogP) is 3.85. The number of carbonyl (C=O) groups is 1. The molecule has 0 fully saturated rings. The van der Waals surface area contributed by atoms with Gasteiger partial charge in [-0.1, -0.05) is 43.3 Å². The second-order valence-electron chi connectivity index (χ2n) is 5.57. The molecule has 2 aromatic rings. The number of allylic oxidation sites excluding steroid dienone is 1. The number of nitrogens with one attached hydrogen (secondary N) is 1. The van der Waals surface area contributed by atoms with Gasteiger partial charge in [0, 0.05) is 12.2 Å². The number of rotatable bonds is 9. The molecular formula is C18H24N4OS. The van der Waals surface area contributed by atoms with Crippen LogP contribution in [0, 0.1) is 6.92 Å². The van der Waals surface area contributed by atoms with E-state index in [1.807, 2.05) is 23.6 Å². The number of hydrogen-bond donors (Lipinski definition) is 1. The first-order valence-corrected chi connectivity index (χ1v) is 9.15. The number of unbranched alkanes of at least 4 members (excludes halogenated alkanes) is 1. The minimum absolute atomic E-state index is 0.0490. The molecule has 0 aliphatic rings. The molecule has 0 saturated carbocycles. The molecule has 6 heteroatoms. The van der Waals surface area contributed by atoms with Gasteiger partial charge in [0.25, 0.3) is 0 Å². The minimum Gasteiger partial charge on any atom is -0.325 e. The van der Waals surface area contributed by atoms with E-state index in [1.54, 1.807) is 6.08 Å². The lowest BCUT2D eigenvalue weighted by Crippen LogP contribution is -2.14. The van der Waals surface area contributed by atoms with Crippen LogP contribution in [0.4, 0.5) is 5.69 Å². The summed E-state index contributed by atoms with van der Waals surface area (Å²) in [5.41, 5.74) is 2.13. The first-order valence-electron chi connectivity index (χ1n) is 8.16. The van der Waals surface area contributed by atoms with Gasteiger partial charge in [-0.25, -0.2) is 0 Å². The molecule has 24 heavy (non-hydrogen) atoms. The first-order chi connectivity index (χ1) is 11.6. The maximum Gasteiger partial charge on any atom is 0.234 e. The monoisotopic (exact) mass is 344 g/mol. The second kappa shape index (κ2) is 9.27. The Balaban J connectivity index is 1.86. The molecule has 0 atom stereocenters. The summed E-state index contributed by atoms with van der Waals surface area (Å²) in [4.78, 5) is 12.1. The summed E-state index contributed by atoms with van der Waals surface area (Å²) in [6.45, 7) is 8.44. The Morgan fingerprint density at radius 3 is 2.75 bits per heavy atom. The Kier molecular flexibility index (Phi) is 7.06. The summed E-state index contributed by atoms with van der Waals surface area (Å²) in [6, 6.07) is 8.06. The van der Waals surface area contributed by atoms with Crippen molar-refractivity contribution in [3.8, 4) is 0 Å². The van der Waals surface area contributed by atoms with Crippen molar-refractivity contribution in [1.82, 2.24) is 14.8 Å². The number of thioether (sulfide) groups is 1. The van der Waals surface area contributed by atoms with Crippen LogP contribution < -0.4 is 5.32 Å². The van der Waals surface area contributed by atoms with E-state index in [0.29, 0.717) is 12.3 Å². The topological polar surface area (TPSA) is 59.8 Å². The lowest BCUT2D eigenvalue weighted by atomic mass is 10.1. The van der Waals surface area contributed by atoms with Gasteiger partial charge in [-0.05, 0) is 37.5 Å². The molecule has 0 unspecified atom stereocenters. The van der Waals surface area contributed by atoms with E-state index in [-0.39, 0.29) is 5.91 Å². The van der Waals surface area contributed by atoms with Gasteiger partial charge in [-0.3, -0.25) is 4.79 Å². The summed E-state index contributed by atoms with van der Waals surface area (Å²) < 4.78 is 1.94. The van der Waals surface area contributed by atoms with Crippen molar-refractivity contribution in [1.29, 1.82) is 0 Å². The number of amides is 1.